The molecule has 22 heavy (non-hydrogen) atoms. The molecular formula is C16H26BrF3OSi. The van der Waals surface area contributed by atoms with E-state index in [-0.39, 0.29) is 0 Å². The standard InChI is InChI=1S/C8H19BrOSi.C8H7F3/c1-8(2,3)11(4,5)10-7-6-9;1-6-3-2-4-7(5-6)8(9,10)11/h6-7H2,1-5H3;2-5H,1H3. The highest BCUT2D eigenvalue weighted by atomic mass is 79.9. The summed E-state index contributed by atoms with van der Waals surface area (Å²) in [6.07, 6.45) is -4.22. The maximum Gasteiger partial charge on any atom is 0.416 e. The monoisotopic (exact) mass is 398 g/mol. The van der Waals surface area contributed by atoms with Crippen molar-refractivity contribution in [3.63, 3.8) is 0 Å². The van der Waals surface area contributed by atoms with Gasteiger partial charge in [0.25, 0.3) is 0 Å². The summed E-state index contributed by atoms with van der Waals surface area (Å²) < 4.78 is 41.7. The van der Waals surface area contributed by atoms with Crippen LogP contribution in [0.5, 0.6) is 0 Å². The smallest absolute Gasteiger partial charge is 0.416 e. The number of hydrogen-bond acceptors (Lipinski definition) is 1. The van der Waals surface area contributed by atoms with Crippen LogP contribution in [0.4, 0.5) is 13.2 Å². The van der Waals surface area contributed by atoms with Crippen LogP contribution in [-0.2, 0) is 10.6 Å². The summed E-state index contributed by atoms with van der Waals surface area (Å²) in [5.74, 6) is 0. The lowest BCUT2D eigenvalue weighted by molar-refractivity contribution is -0.137. The molecule has 0 amide bonds. The predicted octanol–water partition coefficient (Wildman–Crippen LogP) is 6.42. The Morgan fingerprint density at radius 2 is 1.68 bits per heavy atom. The molecule has 1 nitrogen and oxygen atoms in total. The lowest BCUT2D eigenvalue weighted by Gasteiger charge is -2.35. The molecule has 0 spiro atoms. The third kappa shape index (κ3) is 7.79. The van der Waals surface area contributed by atoms with Gasteiger partial charge < -0.3 is 4.43 Å². The number of aryl methyl sites for hydroxylation is 1. The number of rotatable bonds is 3. The van der Waals surface area contributed by atoms with Crippen molar-refractivity contribution >= 4 is 24.2 Å². The van der Waals surface area contributed by atoms with Gasteiger partial charge in [-0.3, -0.25) is 0 Å². The van der Waals surface area contributed by atoms with Crippen LogP contribution in [0.3, 0.4) is 0 Å². The summed E-state index contributed by atoms with van der Waals surface area (Å²) in [7, 11) is -1.46. The first kappa shape index (κ1) is 21.7. The first-order chi connectivity index (χ1) is 9.81. The second kappa shape index (κ2) is 8.50. The summed E-state index contributed by atoms with van der Waals surface area (Å²) in [5.41, 5.74) is 0.0392. The van der Waals surface area contributed by atoms with E-state index in [4.69, 9.17) is 4.43 Å². The maximum absolute atomic E-state index is 12.0. The van der Waals surface area contributed by atoms with Gasteiger partial charge in [-0.2, -0.15) is 13.2 Å². The van der Waals surface area contributed by atoms with E-state index >= 15 is 0 Å². The molecule has 1 aromatic rings. The zero-order valence-electron chi connectivity index (χ0n) is 14.1. The molecule has 0 radical (unpaired) electrons. The van der Waals surface area contributed by atoms with E-state index in [0.717, 1.165) is 24.1 Å². The average Bonchev–Trinajstić information content (AvgIpc) is 2.35. The SMILES string of the molecule is CC(C)(C)[Si](C)(C)OCCBr.Cc1cccc(C(F)(F)F)c1. The highest BCUT2D eigenvalue weighted by Crippen LogP contribution is 2.36. The molecule has 1 rings (SSSR count). The van der Waals surface area contributed by atoms with Crippen molar-refractivity contribution in [1.82, 2.24) is 0 Å². The van der Waals surface area contributed by atoms with E-state index in [9.17, 15) is 13.2 Å². The van der Waals surface area contributed by atoms with Crippen molar-refractivity contribution < 1.29 is 17.6 Å². The van der Waals surface area contributed by atoms with Crippen molar-refractivity contribution in [2.24, 2.45) is 0 Å². The maximum atomic E-state index is 12.0. The topological polar surface area (TPSA) is 9.23 Å². The van der Waals surface area contributed by atoms with Crippen molar-refractivity contribution in [3.8, 4) is 0 Å². The Balaban J connectivity index is 0.000000401. The molecule has 0 atom stereocenters. The van der Waals surface area contributed by atoms with Gasteiger partial charge in [0.05, 0.1) is 5.56 Å². The second-order valence-corrected chi connectivity index (χ2v) is 12.3. The van der Waals surface area contributed by atoms with Crippen LogP contribution < -0.4 is 0 Å². The minimum Gasteiger partial charge on any atom is -0.416 e. The van der Waals surface area contributed by atoms with Gasteiger partial charge in [0, 0.05) is 11.9 Å². The summed E-state index contributed by atoms with van der Waals surface area (Å²) in [6, 6.07) is 5.22. The molecule has 0 aliphatic carbocycles. The molecule has 0 aliphatic rings. The van der Waals surface area contributed by atoms with Crippen molar-refractivity contribution in [2.45, 2.75) is 52.0 Å². The second-order valence-electron chi connectivity index (χ2n) is 6.66. The fraction of sp³-hybridized carbons (Fsp3) is 0.625. The summed E-state index contributed by atoms with van der Waals surface area (Å²) >= 11 is 3.37. The van der Waals surface area contributed by atoms with Gasteiger partial charge in [0.15, 0.2) is 8.32 Å². The van der Waals surface area contributed by atoms with E-state index in [1.54, 1.807) is 13.0 Å². The molecular weight excluding hydrogens is 373 g/mol. The van der Waals surface area contributed by atoms with E-state index in [2.05, 4.69) is 49.8 Å². The summed E-state index contributed by atoms with van der Waals surface area (Å²) in [6.45, 7) is 13.8. The minimum absolute atomic E-state index is 0.342. The van der Waals surface area contributed by atoms with Crippen LogP contribution in [0, 0.1) is 6.92 Å². The molecule has 0 bridgehead atoms. The van der Waals surface area contributed by atoms with Gasteiger partial charge in [-0.05, 0) is 31.1 Å². The van der Waals surface area contributed by atoms with Crippen LogP contribution in [-0.4, -0.2) is 20.3 Å². The number of hydrogen-bond donors (Lipinski definition) is 0. The lowest BCUT2D eigenvalue weighted by Crippen LogP contribution is -2.41. The molecule has 1 aromatic carbocycles. The van der Waals surface area contributed by atoms with Crippen LogP contribution in [0.1, 0.15) is 31.9 Å². The van der Waals surface area contributed by atoms with E-state index in [0.29, 0.717) is 10.6 Å². The molecule has 0 heterocycles. The van der Waals surface area contributed by atoms with Crippen LogP contribution in [0.25, 0.3) is 0 Å². The van der Waals surface area contributed by atoms with E-state index in [1.165, 1.54) is 6.07 Å². The largest absolute Gasteiger partial charge is 0.416 e. The van der Waals surface area contributed by atoms with Crippen molar-refractivity contribution in [1.29, 1.82) is 0 Å². The molecule has 0 saturated carbocycles. The normalized spacial score (nSPS) is 12.6. The Labute approximate surface area is 141 Å². The quantitative estimate of drug-likeness (QED) is 0.421. The Bertz CT molecular complexity index is 453. The highest BCUT2D eigenvalue weighted by Gasteiger charge is 2.36. The number of halogens is 4. The first-order valence-electron chi connectivity index (χ1n) is 7.15. The Morgan fingerprint density at radius 3 is 2.00 bits per heavy atom. The van der Waals surface area contributed by atoms with Gasteiger partial charge in [0.1, 0.15) is 0 Å². The lowest BCUT2D eigenvalue weighted by atomic mass is 10.1. The van der Waals surface area contributed by atoms with E-state index < -0.39 is 20.1 Å². The van der Waals surface area contributed by atoms with Crippen LogP contribution in [0.2, 0.25) is 18.1 Å². The van der Waals surface area contributed by atoms with Gasteiger partial charge in [-0.1, -0.05) is 60.5 Å². The number of alkyl halides is 4. The molecule has 0 N–H and O–H groups in total. The van der Waals surface area contributed by atoms with Gasteiger partial charge in [-0.15, -0.1) is 0 Å². The van der Waals surface area contributed by atoms with E-state index in [1.807, 2.05) is 0 Å². The Hall–Kier alpha value is -0.333. The Kier molecular flexibility index (Phi) is 8.37. The van der Waals surface area contributed by atoms with Crippen molar-refractivity contribution in [2.75, 3.05) is 11.9 Å². The Morgan fingerprint density at radius 1 is 1.14 bits per heavy atom. The third-order valence-corrected chi connectivity index (χ3v) is 8.55. The fourth-order valence-corrected chi connectivity index (χ4v) is 2.84. The first-order valence-corrected chi connectivity index (χ1v) is 11.2. The van der Waals surface area contributed by atoms with Crippen molar-refractivity contribution in [3.05, 3.63) is 35.4 Å². The third-order valence-electron chi connectivity index (χ3n) is 3.69. The minimum atomic E-state index is -4.22. The van der Waals surface area contributed by atoms with Crippen LogP contribution in [0.15, 0.2) is 24.3 Å². The molecule has 0 aromatic heterocycles. The molecule has 6 heteroatoms. The molecule has 0 fully saturated rings. The fourth-order valence-electron chi connectivity index (χ4n) is 1.33. The number of benzene rings is 1. The average molecular weight is 399 g/mol. The van der Waals surface area contributed by atoms with Gasteiger partial charge in [-0.25, -0.2) is 0 Å². The summed E-state index contributed by atoms with van der Waals surface area (Å²) in [4.78, 5) is 0. The zero-order valence-corrected chi connectivity index (χ0v) is 16.7. The highest BCUT2D eigenvalue weighted by molar-refractivity contribution is 9.09. The predicted molar refractivity (Wildman–Crippen MR) is 93.1 cm³/mol. The molecule has 0 unspecified atom stereocenters. The van der Waals surface area contributed by atoms with Gasteiger partial charge >= 0.3 is 6.18 Å². The van der Waals surface area contributed by atoms with Crippen LogP contribution >= 0.6 is 15.9 Å². The summed E-state index contributed by atoms with van der Waals surface area (Å²) in [5, 5.41) is 1.29. The molecule has 0 saturated heterocycles. The molecule has 128 valence electrons. The zero-order chi connectivity index (χ0) is 17.6. The molecule has 0 aliphatic heterocycles. The van der Waals surface area contributed by atoms with Gasteiger partial charge in [0.2, 0.25) is 0 Å².